The lowest BCUT2D eigenvalue weighted by Gasteiger charge is -2.03. The van der Waals surface area contributed by atoms with E-state index < -0.39 is 5.91 Å². The van der Waals surface area contributed by atoms with Crippen molar-refractivity contribution in [1.29, 1.82) is 5.26 Å². The Morgan fingerprint density at radius 2 is 2.12 bits per heavy atom. The van der Waals surface area contributed by atoms with Gasteiger partial charge in [-0.25, -0.2) is 0 Å². The van der Waals surface area contributed by atoms with E-state index in [2.05, 4.69) is 15.4 Å². The Morgan fingerprint density at radius 1 is 1.41 bits per heavy atom. The van der Waals surface area contributed by atoms with E-state index in [4.69, 9.17) is 5.26 Å². The maximum Gasteiger partial charge on any atom is 0.307 e. The normalized spacial score (nSPS) is 10.3. The fraction of sp³-hybridized carbons (Fsp3) is 0.545. The van der Waals surface area contributed by atoms with E-state index in [0.29, 0.717) is 13.1 Å². The van der Waals surface area contributed by atoms with E-state index in [0.717, 1.165) is 6.42 Å². The molecule has 0 rings (SSSR count). The van der Waals surface area contributed by atoms with Crippen LogP contribution in [0.15, 0.2) is 11.8 Å². The molecule has 0 fully saturated rings. The summed E-state index contributed by atoms with van der Waals surface area (Å²) in [6, 6.07) is 1.78. The summed E-state index contributed by atoms with van der Waals surface area (Å²) in [6.07, 6.45) is 2.29. The molecule has 0 radical (unpaired) electrons. The minimum Gasteiger partial charge on any atom is -0.469 e. The summed E-state index contributed by atoms with van der Waals surface area (Å²) < 4.78 is 4.44. The van der Waals surface area contributed by atoms with Crippen molar-refractivity contribution in [2.75, 3.05) is 20.2 Å². The van der Waals surface area contributed by atoms with Crippen LogP contribution in [-0.4, -0.2) is 32.1 Å². The summed E-state index contributed by atoms with van der Waals surface area (Å²) in [7, 11) is 1.30. The predicted octanol–water partition coefficient (Wildman–Crippen LogP) is 0.0728. The van der Waals surface area contributed by atoms with Gasteiger partial charge in [-0.05, 0) is 6.42 Å². The van der Waals surface area contributed by atoms with Gasteiger partial charge < -0.3 is 15.4 Å². The van der Waals surface area contributed by atoms with Crippen LogP contribution in [0.3, 0.4) is 0 Å². The van der Waals surface area contributed by atoms with E-state index in [1.165, 1.54) is 13.3 Å². The topological polar surface area (TPSA) is 91.2 Å². The standard InChI is InChI=1S/C11H17N3O3/c1-3-5-14-11(16)9(7-12)8-13-6-4-10(15)17-2/h8,13H,3-6H2,1-2H3,(H,14,16)/b9-8-. The smallest absolute Gasteiger partial charge is 0.307 e. The highest BCUT2D eigenvalue weighted by Gasteiger charge is 2.07. The largest absolute Gasteiger partial charge is 0.469 e. The van der Waals surface area contributed by atoms with Crippen molar-refractivity contribution >= 4 is 11.9 Å². The molecule has 0 aliphatic heterocycles. The first-order valence-corrected chi connectivity index (χ1v) is 5.34. The Balaban J connectivity index is 4.05. The lowest BCUT2D eigenvalue weighted by atomic mass is 10.3. The van der Waals surface area contributed by atoms with E-state index in [1.807, 2.05) is 6.92 Å². The number of rotatable bonds is 7. The summed E-state index contributed by atoms with van der Waals surface area (Å²) in [5, 5.41) is 14.0. The third-order valence-electron chi connectivity index (χ3n) is 1.85. The number of carbonyl (C=O) groups excluding carboxylic acids is 2. The number of nitrogens with one attached hydrogen (secondary N) is 2. The molecule has 2 N–H and O–H groups in total. The van der Waals surface area contributed by atoms with E-state index in [1.54, 1.807) is 6.07 Å². The van der Waals surface area contributed by atoms with Crippen LogP contribution in [0.2, 0.25) is 0 Å². The van der Waals surface area contributed by atoms with Crippen LogP contribution >= 0.6 is 0 Å². The van der Waals surface area contributed by atoms with Gasteiger partial charge in [-0.3, -0.25) is 9.59 Å². The number of hydrogen-bond acceptors (Lipinski definition) is 5. The molecular weight excluding hydrogens is 222 g/mol. The minimum atomic E-state index is -0.417. The second-order valence-corrected chi connectivity index (χ2v) is 3.21. The molecule has 0 aromatic carbocycles. The SMILES string of the molecule is CCCNC(=O)/C(C#N)=C\NCCC(=O)OC. The third kappa shape index (κ3) is 6.95. The van der Waals surface area contributed by atoms with Gasteiger partial charge in [0.25, 0.3) is 5.91 Å². The molecule has 0 unspecified atom stereocenters. The molecule has 0 aromatic heterocycles. The van der Waals surface area contributed by atoms with Gasteiger partial charge in [0.15, 0.2) is 0 Å². The molecule has 0 aliphatic carbocycles. The van der Waals surface area contributed by atoms with Crippen molar-refractivity contribution in [3.05, 3.63) is 11.8 Å². The van der Waals surface area contributed by atoms with Crippen LogP contribution in [0, 0.1) is 11.3 Å². The zero-order valence-corrected chi connectivity index (χ0v) is 10.1. The fourth-order valence-electron chi connectivity index (χ4n) is 0.933. The highest BCUT2D eigenvalue weighted by Crippen LogP contribution is 1.91. The van der Waals surface area contributed by atoms with Crippen molar-refractivity contribution < 1.29 is 14.3 Å². The first kappa shape index (κ1) is 15.0. The van der Waals surface area contributed by atoms with Crippen molar-refractivity contribution in [3.8, 4) is 6.07 Å². The van der Waals surface area contributed by atoms with Crippen LogP contribution in [0.4, 0.5) is 0 Å². The Bertz CT molecular complexity index is 331. The third-order valence-corrected chi connectivity index (χ3v) is 1.85. The van der Waals surface area contributed by atoms with Gasteiger partial charge in [0.05, 0.1) is 13.5 Å². The van der Waals surface area contributed by atoms with Crippen LogP contribution < -0.4 is 10.6 Å². The van der Waals surface area contributed by atoms with Gasteiger partial charge in [0.1, 0.15) is 11.6 Å². The van der Waals surface area contributed by atoms with Gasteiger partial charge in [0.2, 0.25) is 0 Å². The first-order chi connectivity index (χ1) is 8.15. The lowest BCUT2D eigenvalue weighted by molar-refractivity contribution is -0.140. The zero-order chi connectivity index (χ0) is 13.1. The number of amides is 1. The highest BCUT2D eigenvalue weighted by atomic mass is 16.5. The fourth-order valence-corrected chi connectivity index (χ4v) is 0.933. The average Bonchev–Trinajstić information content (AvgIpc) is 2.35. The summed E-state index contributed by atoms with van der Waals surface area (Å²) in [5.41, 5.74) is -0.0108. The summed E-state index contributed by atoms with van der Waals surface area (Å²) in [6.45, 7) is 2.77. The molecule has 0 heterocycles. The molecule has 0 bridgehead atoms. The lowest BCUT2D eigenvalue weighted by Crippen LogP contribution is -2.26. The van der Waals surface area contributed by atoms with Crippen LogP contribution in [0.25, 0.3) is 0 Å². The molecule has 0 aliphatic rings. The monoisotopic (exact) mass is 239 g/mol. The summed E-state index contributed by atoms with van der Waals surface area (Å²) in [4.78, 5) is 22.2. The number of ether oxygens (including phenoxy) is 1. The maximum atomic E-state index is 11.4. The number of methoxy groups -OCH3 is 1. The van der Waals surface area contributed by atoms with E-state index >= 15 is 0 Å². The van der Waals surface area contributed by atoms with Gasteiger partial charge >= 0.3 is 5.97 Å². The number of nitrogens with zero attached hydrogens (tertiary/aromatic N) is 1. The molecule has 0 saturated carbocycles. The van der Waals surface area contributed by atoms with Crippen LogP contribution in [-0.2, 0) is 14.3 Å². The maximum absolute atomic E-state index is 11.4. The second kappa shape index (κ2) is 9.21. The second-order valence-electron chi connectivity index (χ2n) is 3.21. The van der Waals surface area contributed by atoms with Crippen LogP contribution in [0.1, 0.15) is 19.8 Å². The van der Waals surface area contributed by atoms with Crippen molar-refractivity contribution in [2.45, 2.75) is 19.8 Å². The molecule has 1 amide bonds. The molecule has 0 aromatic rings. The highest BCUT2D eigenvalue weighted by molar-refractivity contribution is 5.97. The van der Waals surface area contributed by atoms with E-state index in [-0.39, 0.29) is 18.0 Å². The number of nitriles is 1. The number of esters is 1. The molecule has 6 nitrogen and oxygen atoms in total. The predicted molar refractivity (Wildman–Crippen MR) is 61.6 cm³/mol. The quantitative estimate of drug-likeness (QED) is 0.284. The van der Waals surface area contributed by atoms with Gasteiger partial charge in [0, 0.05) is 19.3 Å². The molecule has 6 heteroatoms. The molecule has 94 valence electrons. The molecule has 0 saturated heterocycles. The molecule has 0 atom stereocenters. The van der Waals surface area contributed by atoms with Gasteiger partial charge in [-0.1, -0.05) is 6.92 Å². The van der Waals surface area contributed by atoms with Gasteiger partial charge in [-0.2, -0.15) is 5.26 Å². The molecular formula is C11H17N3O3. The average molecular weight is 239 g/mol. The first-order valence-electron chi connectivity index (χ1n) is 5.34. The zero-order valence-electron chi connectivity index (χ0n) is 10.1. The Morgan fingerprint density at radius 3 is 2.65 bits per heavy atom. The Kier molecular flexibility index (Phi) is 8.11. The summed E-state index contributed by atoms with van der Waals surface area (Å²) in [5.74, 6) is -0.764. The number of hydrogen-bond donors (Lipinski definition) is 2. The van der Waals surface area contributed by atoms with Crippen molar-refractivity contribution in [2.24, 2.45) is 0 Å². The van der Waals surface area contributed by atoms with E-state index in [9.17, 15) is 9.59 Å². The number of carbonyl (C=O) groups is 2. The van der Waals surface area contributed by atoms with Crippen molar-refractivity contribution in [1.82, 2.24) is 10.6 Å². The Labute approximate surface area is 101 Å². The van der Waals surface area contributed by atoms with Crippen LogP contribution in [0.5, 0.6) is 0 Å². The summed E-state index contributed by atoms with van der Waals surface area (Å²) >= 11 is 0. The van der Waals surface area contributed by atoms with Crippen molar-refractivity contribution in [3.63, 3.8) is 0 Å². The molecule has 0 spiro atoms. The Hall–Kier alpha value is -2.03. The van der Waals surface area contributed by atoms with Gasteiger partial charge in [-0.15, -0.1) is 0 Å². The molecule has 17 heavy (non-hydrogen) atoms. The minimum absolute atomic E-state index is 0.0108.